The number of rotatable bonds is 7. The summed E-state index contributed by atoms with van der Waals surface area (Å²) in [7, 11) is 0. The zero-order valence-corrected chi connectivity index (χ0v) is 19.7. The van der Waals surface area contributed by atoms with E-state index in [2.05, 4.69) is 20.3 Å². The summed E-state index contributed by atoms with van der Waals surface area (Å²) in [5, 5.41) is 14.7. The maximum absolute atomic E-state index is 12.9. The number of carbonyl (C=O) groups is 2. The second-order valence-electron chi connectivity index (χ2n) is 8.72. The van der Waals surface area contributed by atoms with E-state index in [9.17, 15) is 14.7 Å². The molecule has 34 heavy (non-hydrogen) atoms. The fraction of sp³-hybridized carbons (Fsp3) is 0.360. The second kappa shape index (κ2) is 9.42. The molecular weight excluding hydrogens is 452 g/mol. The number of carboxylic acids is 1. The highest BCUT2D eigenvalue weighted by Gasteiger charge is 2.26. The normalized spacial score (nSPS) is 15.4. The molecule has 0 bridgehead atoms. The third kappa shape index (κ3) is 4.35. The summed E-state index contributed by atoms with van der Waals surface area (Å²) < 4.78 is 5.76. The Morgan fingerprint density at radius 2 is 2.03 bits per heavy atom. The quantitative estimate of drug-likeness (QED) is 0.317. The van der Waals surface area contributed by atoms with E-state index in [1.54, 1.807) is 0 Å². The Morgan fingerprint density at radius 1 is 1.24 bits per heavy atom. The van der Waals surface area contributed by atoms with Crippen molar-refractivity contribution in [3.05, 3.63) is 52.8 Å². The predicted molar refractivity (Wildman–Crippen MR) is 131 cm³/mol. The number of hydrogen-bond acceptors (Lipinski definition) is 7. The number of anilines is 1. The first-order chi connectivity index (χ1) is 16.5. The number of carbonyl (C=O) groups excluding carboxylic acids is 1. The molecule has 8 nitrogen and oxygen atoms in total. The Balaban J connectivity index is 1.42. The minimum Gasteiger partial charge on any atom is -0.480 e. The number of nitrogens with one attached hydrogen (secondary N) is 2. The van der Waals surface area contributed by atoms with Crippen molar-refractivity contribution >= 4 is 50.2 Å². The average molecular weight is 479 g/mol. The van der Waals surface area contributed by atoms with Gasteiger partial charge in [-0.15, -0.1) is 11.3 Å². The largest absolute Gasteiger partial charge is 0.480 e. The number of carboxylic acid groups (broad SMARTS) is 1. The van der Waals surface area contributed by atoms with Gasteiger partial charge in [0, 0.05) is 23.5 Å². The topological polar surface area (TPSA) is 117 Å². The molecule has 1 aliphatic rings. The van der Waals surface area contributed by atoms with Gasteiger partial charge in [-0.3, -0.25) is 0 Å². The monoisotopic (exact) mass is 478 g/mol. The van der Waals surface area contributed by atoms with Crippen LogP contribution in [0.3, 0.4) is 0 Å². The van der Waals surface area contributed by atoms with Crippen LogP contribution >= 0.6 is 11.3 Å². The van der Waals surface area contributed by atoms with Crippen LogP contribution < -0.4 is 5.32 Å². The van der Waals surface area contributed by atoms with E-state index in [0.717, 1.165) is 42.1 Å². The molecule has 0 saturated heterocycles. The Bertz CT molecular complexity index is 1360. The van der Waals surface area contributed by atoms with Gasteiger partial charge in [-0.2, -0.15) is 0 Å². The first kappa shape index (κ1) is 22.3. The molecule has 0 radical (unpaired) electrons. The highest BCUT2D eigenvalue weighted by molar-refractivity contribution is 7.20. The van der Waals surface area contributed by atoms with Gasteiger partial charge >= 0.3 is 11.9 Å². The number of para-hydroxylation sites is 1. The van der Waals surface area contributed by atoms with Crippen LogP contribution in [0.25, 0.3) is 21.1 Å². The van der Waals surface area contributed by atoms with Crippen LogP contribution in [0.2, 0.25) is 0 Å². The summed E-state index contributed by atoms with van der Waals surface area (Å²) in [5.41, 5.74) is 2.57. The van der Waals surface area contributed by atoms with Crippen LogP contribution in [-0.2, 0) is 16.0 Å². The van der Waals surface area contributed by atoms with Gasteiger partial charge < -0.3 is 20.1 Å². The van der Waals surface area contributed by atoms with Crippen LogP contribution in [0, 0.1) is 6.92 Å². The van der Waals surface area contributed by atoms with Crippen LogP contribution in [-0.4, -0.2) is 44.1 Å². The molecule has 1 saturated carbocycles. The third-order valence-corrected chi connectivity index (χ3v) is 7.63. The lowest BCUT2D eigenvalue weighted by Crippen LogP contribution is -2.32. The fourth-order valence-corrected chi connectivity index (χ4v) is 5.68. The molecule has 176 valence electrons. The van der Waals surface area contributed by atoms with Gasteiger partial charge in [0.1, 0.15) is 34.0 Å². The average Bonchev–Trinajstić information content (AvgIpc) is 3.41. The maximum Gasteiger partial charge on any atom is 0.348 e. The first-order valence-corrected chi connectivity index (χ1v) is 12.3. The predicted octanol–water partition coefficient (Wildman–Crippen LogP) is 5.08. The van der Waals surface area contributed by atoms with Crippen molar-refractivity contribution in [3.63, 3.8) is 0 Å². The number of aromatic nitrogens is 3. The lowest BCUT2D eigenvalue weighted by Gasteiger charge is -2.21. The SMILES string of the molecule is Cc1c(C(=O)OC2CCCCC2)sc2ncnc(NC(Cc3c[nH]c4ccccc34)C(=O)O)c12. The number of aryl methyl sites for hydroxylation is 1. The highest BCUT2D eigenvalue weighted by atomic mass is 32.1. The zero-order chi connectivity index (χ0) is 23.7. The van der Waals surface area contributed by atoms with Gasteiger partial charge in [0.25, 0.3) is 0 Å². The molecule has 3 heterocycles. The molecule has 1 atom stereocenters. The van der Waals surface area contributed by atoms with E-state index in [4.69, 9.17) is 4.74 Å². The number of nitrogens with zero attached hydrogens (tertiary/aromatic N) is 2. The molecule has 1 aromatic carbocycles. The Labute approximate surface area is 200 Å². The molecule has 3 aromatic heterocycles. The Kier molecular flexibility index (Phi) is 6.19. The van der Waals surface area contributed by atoms with E-state index >= 15 is 0 Å². The van der Waals surface area contributed by atoms with E-state index in [-0.39, 0.29) is 18.5 Å². The van der Waals surface area contributed by atoms with Gasteiger partial charge in [-0.1, -0.05) is 24.6 Å². The molecule has 9 heteroatoms. The summed E-state index contributed by atoms with van der Waals surface area (Å²) in [4.78, 5) is 38.0. The van der Waals surface area contributed by atoms with Gasteiger partial charge in [0.05, 0.1) is 5.39 Å². The standard InChI is InChI=1S/C25H26N4O4S/c1-14-20-22(29-19(24(30)31)11-15-12-26-18-10-6-5-9-17(15)18)27-13-28-23(20)34-21(14)25(32)33-16-7-3-2-4-8-16/h5-6,9-10,12-13,16,19,26H,2-4,7-8,11H2,1H3,(H,30,31)(H,27,28,29). The molecule has 1 fully saturated rings. The van der Waals surface area contributed by atoms with Crippen LogP contribution in [0.5, 0.6) is 0 Å². The second-order valence-corrected chi connectivity index (χ2v) is 9.72. The molecule has 0 spiro atoms. The molecule has 0 aliphatic heterocycles. The fourth-order valence-electron chi connectivity index (χ4n) is 4.65. The van der Waals surface area contributed by atoms with Gasteiger partial charge in [0.2, 0.25) is 0 Å². The lowest BCUT2D eigenvalue weighted by molar-refractivity contribution is -0.137. The number of aromatic amines is 1. The number of ether oxygens (including phenoxy) is 1. The van der Waals surface area contributed by atoms with E-state index in [1.165, 1.54) is 24.1 Å². The summed E-state index contributed by atoms with van der Waals surface area (Å²) in [6.45, 7) is 1.83. The van der Waals surface area contributed by atoms with Gasteiger partial charge in [-0.05, 0) is 49.8 Å². The van der Waals surface area contributed by atoms with Crippen LogP contribution in [0.4, 0.5) is 5.82 Å². The summed E-state index contributed by atoms with van der Waals surface area (Å²) in [6, 6.07) is 6.88. The molecule has 5 rings (SSSR count). The van der Waals surface area contributed by atoms with Crippen molar-refractivity contribution in [2.24, 2.45) is 0 Å². The minimum absolute atomic E-state index is 0.0397. The number of H-pyrrole nitrogens is 1. The molecule has 1 aliphatic carbocycles. The van der Waals surface area contributed by atoms with Crippen molar-refractivity contribution in [2.45, 2.75) is 57.6 Å². The number of fused-ring (bicyclic) bond motifs is 2. The maximum atomic E-state index is 12.9. The van der Waals surface area contributed by atoms with Crippen molar-refractivity contribution in [1.29, 1.82) is 0 Å². The molecule has 3 N–H and O–H groups in total. The molecule has 0 amide bonds. The third-order valence-electron chi connectivity index (χ3n) is 6.45. The lowest BCUT2D eigenvalue weighted by atomic mass is 9.98. The first-order valence-electron chi connectivity index (χ1n) is 11.5. The van der Waals surface area contributed by atoms with Crippen molar-refractivity contribution < 1.29 is 19.4 Å². The van der Waals surface area contributed by atoms with Gasteiger partial charge in [-0.25, -0.2) is 19.6 Å². The number of aliphatic carboxylic acids is 1. The number of thiophene rings is 1. The number of benzene rings is 1. The van der Waals surface area contributed by atoms with E-state index in [0.29, 0.717) is 26.5 Å². The minimum atomic E-state index is -0.984. The van der Waals surface area contributed by atoms with Crippen molar-refractivity contribution in [3.8, 4) is 0 Å². The van der Waals surface area contributed by atoms with Crippen LogP contribution in [0.15, 0.2) is 36.8 Å². The van der Waals surface area contributed by atoms with E-state index in [1.807, 2.05) is 37.4 Å². The highest BCUT2D eigenvalue weighted by Crippen LogP contribution is 2.35. The van der Waals surface area contributed by atoms with Gasteiger partial charge in [0.15, 0.2) is 0 Å². The van der Waals surface area contributed by atoms with Crippen molar-refractivity contribution in [2.75, 3.05) is 5.32 Å². The smallest absolute Gasteiger partial charge is 0.348 e. The summed E-state index contributed by atoms with van der Waals surface area (Å²) in [6.07, 6.45) is 8.60. The molecular formula is C25H26N4O4S. The zero-order valence-electron chi connectivity index (χ0n) is 18.8. The Morgan fingerprint density at radius 3 is 2.82 bits per heavy atom. The van der Waals surface area contributed by atoms with Crippen molar-refractivity contribution in [1.82, 2.24) is 15.0 Å². The molecule has 4 aromatic rings. The number of hydrogen-bond donors (Lipinski definition) is 3. The summed E-state index contributed by atoms with van der Waals surface area (Å²) in [5.74, 6) is -0.920. The van der Waals surface area contributed by atoms with E-state index < -0.39 is 12.0 Å². The number of esters is 1. The molecule has 1 unspecified atom stereocenters. The Hall–Kier alpha value is -3.46. The van der Waals surface area contributed by atoms with Crippen LogP contribution in [0.1, 0.15) is 52.9 Å². The summed E-state index contributed by atoms with van der Waals surface area (Å²) >= 11 is 1.26.